The number of aryl methyl sites for hydroxylation is 1. The van der Waals surface area contributed by atoms with Crippen molar-refractivity contribution in [3.05, 3.63) is 59.3 Å². The van der Waals surface area contributed by atoms with Crippen molar-refractivity contribution in [3.63, 3.8) is 0 Å². The Labute approximate surface area is 90.3 Å². The van der Waals surface area contributed by atoms with Crippen LogP contribution in [-0.4, -0.2) is 0 Å². The fraction of sp³-hybridized carbons (Fsp3) is 0.231. The molecule has 1 aromatic carbocycles. The smallest absolute Gasteiger partial charge is 0.0637 e. The van der Waals surface area contributed by atoms with Crippen molar-refractivity contribution in [2.45, 2.75) is 18.9 Å². The molecule has 2 heteroatoms. The first-order valence-corrected chi connectivity index (χ1v) is 5.12. The third-order valence-electron chi connectivity index (χ3n) is 2.90. The van der Waals surface area contributed by atoms with Crippen LogP contribution in [0.25, 0.3) is 0 Å². The van der Waals surface area contributed by atoms with Gasteiger partial charge in [-0.15, -0.1) is 0 Å². The summed E-state index contributed by atoms with van der Waals surface area (Å²) in [5.41, 5.74) is 14.8. The number of rotatable bonds is 1. The average molecular weight is 200 g/mol. The summed E-state index contributed by atoms with van der Waals surface area (Å²) >= 11 is 0. The molecule has 2 nitrogen and oxygen atoms in total. The molecule has 0 aliphatic heterocycles. The van der Waals surface area contributed by atoms with Crippen molar-refractivity contribution < 1.29 is 0 Å². The van der Waals surface area contributed by atoms with Gasteiger partial charge in [-0.2, -0.15) is 0 Å². The lowest BCUT2D eigenvalue weighted by molar-refractivity contribution is 0.558. The Kier molecular flexibility index (Phi) is 2.37. The van der Waals surface area contributed by atoms with E-state index in [9.17, 15) is 0 Å². The summed E-state index contributed by atoms with van der Waals surface area (Å²) in [4.78, 5) is 0. The molecule has 15 heavy (non-hydrogen) atoms. The zero-order valence-electron chi connectivity index (χ0n) is 8.90. The lowest BCUT2D eigenvalue weighted by atomic mass is 9.82. The fourth-order valence-corrected chi connectivity index (χ4v) is 1.96. The topological polar surface area (TPSA) is 52.0 Å². The van der Waals surface area contributed by atoms with Crippen molar-refractivity contribution in [1.82, 2.24) is 0 Å². The van der Waals surface area contributed by atoms with E-state index in [2.05, 4.69) is 19.1 Å². The first kappa shape index (κ1) is 9.99. The summed E-state index contributed by atoms with van der Waals surface area (Å²) in [6, 6.07) is 8.21. The van der Waals surface area contributed by atoms with Crippen molar-refractivity contribution >= 4 is 0 Å². The third kappa shape index (κ3) is 1.81. The Morgan fingerprint density at radius 1 is 1.27 bits per heavy atom. The minimum Gasteiger partial charge on any atom is -0.399 e. The molecule has 4 N–H and O–H groups in total. The van der Waals surface area contributed by atoms with E-state index in [4.69, 9.17) is 11.5 Å². The molecule has 1 aromatic rings. The van der Waals surface area contributed by atoms with Gasteiger partial charge < -0.3 is 11.5 Å². The van der Waals surface area contributed by atoms with Gasteiger partial charge in [0.25, 0.3) is 0 Å². The molecular formula is C13H16N2. The molecule has 1 unspecified atom stereocenters. The third-order valence-corrected chi connectivity index (χ3v) is 2.90. The minimum atomic E-state index is -0.395. The summed E-state index contributed by atoms with van der Waals surface area (Å²) in [5, 5.41) is 0. The van der Waals surface area contributed by atoms with Crippen LogP contribution in [0.1, 0.15) is 17.5 Å². The second-order valence-electron chi connectivity index (χ2n) is 4.10. The van der Waals surface area contributed by atoms with Crippen molar-refractivity contribution in [3.8, 4) is 0 Å². The Bertz CT molecular complexity index is 432. The van der Waals surface area contributed by atoms with Gasteiger partial charge in [-0.05, 0) is 30.5 Å². The van der Waals surface area contributed by atoms with E-state index < -0.39 is 5.54 Å². The van der Waals surface area contributed by atoms with Gasteiger partial charge in [0.05, 0.1) is 5.54 Å². The molecule has 0 bridgehead atoms. The van der Waals surface area contributed by atoms with Crippen molar-refractivity contribution in [1.29, 1.82) is 0 Å². The molecule has 0 amide bonds. The number of hydrogen-bond donors (Lipinski definition) is 2. The highest BCUT2D eigenvalue weighted by molar-refractivity contribution is 5.40. The van der Waals surface area contributed by atoms with Crippen LogP contribution in [0.15, 0.2) is 48.2 Å². The molecule has 0 saturated carbocycles. The average Bonchev–Trinajstić information content (AvgIpc) is 2.23. The lowest BCUT2D eigenvalue weighted by Crippen LogP contribution is -2.36. The van der Waals surface area contributed by atoms with Gasteiger partial charge in [-0.25, -0.2) is 0 Å². The predicted molar refractivity (Wildman–Crippen MR) is 63.1 cm³/mol. The van der Waals surface area contributed by atoms with E-state index >= 15 is 0 Å². The quantitative estimate of drug-likeness (QED) is 0.728. The van der Waals surface area contributed by atoms with Gasteiger partial charge in [0.1, 0.15) is 0 Å². The predicted octanol–water partition coefficient (Wildman–Crippen LogP) is 1.95. The van der Waals surface area contributed by atoms with E-state index in [1.54, 1.807) is 0 Å². The van der Waals surface area contributed by atoms with Gasteiger partial charge in [-0.3, -0.25) is 0 Å². The number of hydrogen-bond acceptors (Lipinski definition) is 2. The van der Waals surface area contributed by atoms with Gasteiger partial charge in [0.2, 0.25) is 0 Å². The maximum Gasteiger partial charge on any atom is 0.0637 e. The first-order chi connectivity index (χ1) is 7.12. The molecule has 0 spiro atoms. The summed E-state index contributed by atoms with van der Waals surface area (Å²) in [6.07, 6.45) is 6.62. The fourth-order valence-electron chi connectivity index (χ4n) is 1.96. The van der Waals surface area contributed by atoms with Crippen LogP contribution in [0, 0.1) is 6.92 Å². The van der Waals surface area contributed by atoms with Crippen LogP contribution in [-0.2, 0) is 5.54 Å². The number of nitrogens with two attached hydrogens (primary N) is 2. The van der Waals surface area contributed by atoms with Crippen LogP contribution in [0.4, 0.5) is 0 Å². The Balaban J connectivity index is 2.40. The van der Waals surface area contributed by atoms with Gasteiger partial charge in [0, 0.05) is 5.70 Å². The Hall–Kier alpha value is -1.54. The van der Waals surface area contributed by atoms with Crippen LogP contribution in [0.2, 0.25) is 0 Å². The molecule has 2 rings (SSSR count). The van der Waals surface area contributed by atoms with Crippen molar-refractivity contribution in [2.24, 2.45) is 11.5 Å². The summed E-state index contributed by atoms with van der Waals surface area (Å²) in [5.74, 6) is 0. The Morgan fingerprint density at radius 2 is 2.00 bits per heavy atom. The normalized spacial score (nSPS) is 25.1. The summed E-state index contributed by atoms with van der Waals surface area (Å²) in [7, 11) is 0. The second-order valence-corrected chi connectivity index (χ2v) is 4.10. The zero-order valence-corrected chi connectivity index (χ0v) is 8.90. The molecule has 0 saturated heterocycles. The largest absolute Gasteiger partial charge is 0.399 e. The highest BCUT2D eigenvalue weighted by Crippen LogP contribution is 2.29. The lowest BCUT2D eigenvalue weighted by Gasteiger charge is -2.29. The van der Waals surface area contributed by atoms with E-state index in [0.717, 1.165) is 12.1 Å². The summed E-state index contributed by atoms with van der Waals surface area (Å²) in [6.45, 7) is 2.08. The van der Waals surface area contributed by atoms with E-state index in [1.165, 1.54) is 11.1 Å². The van der Waals surface area contributed by atoms with Gasteiger partial charge in [0.15, 0.2) is 0 Å². The second kappa shape index (κ2) is 3.55. The molecule has 1 atom stereocenters. The highest BCUT2D eigenvalue weighted by Gasteiger charge is 2.26. The molecule has 0 radical (unpaired) electrons. The highest BCUT2D eigenvalue weighted by atomic mass is 14.7. The van der Waals surface area contributed by atoms with Crippen LogP contribution < -0.4 is 11.5 Å². The Morgan fingerprint density at radius 3 is 2.60 bits per heavy atom. The van der Waals surface area contributed by atoms with Gasteiger partial charge >= 0.3 is 0 Å². The molecule has 0 aromatic heterocycles. The van der Waals surface area contributed by atoms with E-state index in [-0.39, 0.29) is 0 Å². The van der Waals surface area contributed by atoms with E-state index in [0.29, 0.717) is 0 Å². The molecular weight excluding hydrogens is 184 g/mol. The van der Waals surface area contributed by atoms with Crippen molar-refractivity contribution in [2.75, 3.05) is 0 Å². The van der Waals surface area contributed by atoms with Crippen LogP contribution in [0.5, 0.6) is 0 Å². The minimum absolute atomic E-state index is 0.395. The molecule has 1 aliphatic carbocycles. The van der Waals surface area contributed by atoms with Crippen LogP contribution >= 0.6 is 0 Å². The molecule has 0 fully saturated rings. The maximum absolute atomic E-state index is 6.36. The first-order valence-electron chi connectivity index (χ1n) is 5.12. The number of benzene rings is 1. The van der Waals surface area contributed by atoms with Crippen LogP contribution in [0.3, 0.4) is 0 Å². The molecule has 78 valence electrons. The number of allylic oxidation sites excluding steroid dienone is 1. The molecule has 0 heterocycles. The monoisotopic (exact) mass is 200 g/mol. The zero-order chi connectivity index (χ0) is 10.9. The maximum atomic E-state index is 6.36. The summed E-state index contributed by atoms with van der Waals surface area (Å²) < 4.78 is 0. The standard InChI is InChI=1S/C13H16N2/c1-10-4-2-3-5-12(10)13(15)8-6-11(14)7-9-13/h2-8H,9,14-15H2,1H3. The van der Waals surface area contributed by atoms with E-state index in [1.807, 2.05) is 30.4 Å². The van der Waals surface area contributed by atoms with Gasteiger partial charge in [-0.1, -0.05) is 36.4 Å². The molecule has 1 aliphatic rings. The SMILES string of the molecule is Cc1ccccc1C1(N)C=CC(N)=CC1.